The molecule has 21 heavy (non-hydrogen) atoms. The summed E-state index contributed by atoms with van der Waals surface area (Å²) in [5.41, 5.74) is 0. The van der Waals surface area contributed by atoms with Crippen LogP contribution >= 0.6 is 0 Å². The summed E-state index contributed by atoms with van der Waals surface area (Å²) in [7, 11) is -2.93. The van der Waals surface area contributed by atoms with Crippen LogP contribution in [0, 0.1) is 0 Å². The molecule has 0 radical (unpaired) electrons. The fraction of sp³-hybridized carbons (Fsp3) is 1.00. The van der Waals surface area contributed by atoms with Crippen LogP contribution in [-0.2, 0) is 17.7 Å². The molecule has 0 aliphatic rings. The Morgan fingerprint density at radius 2 is 0.905 bits per heavy atom. The maximum Gasteiger partial charge on any atom is 0.679 e. The van der Waals surface area contributed by atoms with E-state index >= 15 is 0 Å². The van der Waals surface area contributed by atoms with Gasteiger partial charge < -0.3 is 17.7 Å². The van der Waals surface area contributed by atoms with Gasteiger partial charge in [-0.2, -0.15) is 0 Å². The monoisotopic (exact) mass is 320 g/mol. The van der Waals surface area contributed by atoms with Crippen LogP contribution in [0.4, 0.5) is 0 Å². The SMILES string of the molecule is CCCCCCCO[Si](OCCC)(OCCC)OCCC. The maximum atomic E-state index is 5.99. The first-order chi connectivity index (χ1) is 10.2. The van der Waals surface area contributed by atoms with Gasteiger partial charge in [0.2, 0.25) is 0 Å². The highest BCUT2D eigenvalue weighted by atomic mass is 28.4. The topological polar surface area (TPSA) is 36.9 Å². The largest absolute Gasteiger partial charge is 0.679 e. The van der Waals surface area contributed by atoms with E-state index in [4.69, 9.17) is 17.7 Å². The van der Waals surface area contributed by atoms with Crippen LogP contribution in [0.15, 0.2) is 0 Å². The van der Waals surface area contributed by atoms with Crippen molar-refractivity contribution >= 4 is 9.05 Å². The third kappa shape index (κ3) is 11.3. The first kappa shape index (κ1) is 21.1. The molecule has 128 valence electrons. The lowest BCUT2D eigenvalue weighted by Crippen LogP contribution is -2.50. The van der Waals surface area contributed by atoms with E-state index in [2.05, 4.69) is 27.7 Å². The Morgan fingerprint density at radius 3 is 1.33 bits per heavy atom. The second kappa shape index (κ2) is 15.0. The third-order valence-electron chi connectivity index (χ3n) is 2.98. The Labute approximate surface area is 133 Å². The predicted octanol–water partition coefficient (Wildman–Crippen LogP) is 4.69. The molecule has 5 heteroatoms. The Balaban J connectivity index is 4.28. The van der Waals surface area contributed by atoms with Gasteiger partial charge in [0.25, 0.3) is 0 Å². The van der Waals surface area contributed by atoms with Crippen LogP contribution in [0.2, 0.25) is 0 Å². The molecule has 0 saturated carbocycles. The van der Waals surface area contributed by atoms with Gasteiger partial charge in [0.05, 0.1) is 0 Å². The normalized spacial score (nSPS) is 12.0. The van der Waals surface area contributed by atoms with E-state index in [0.717, 1.165) is 25.7 Å². The minimum atomic E-state index is -2.93. The molecule has 0 saturated heterocycles. The number of hydrogen-bond donors (Lipinski definition) is 0. The number of unbranched alkanes of at least 4 members (excludes halogenated alkanes) is 4. The highest BCUT2D eigenvalue weighted by Gasteiger charge is 2.45. The van der Waals surface area contributed by atoms with Gasteiger partial charge in [-0.15, -0.1) is 0 Å². The molecular weight excluding hydrogens is 284 g/mol. The van der Waals surface area contributed by atoms with Gasteiger partial charge in [-0.1, -0.05) is 53.4 Å². The zero-order valence-electron chi connectivity index (χ0n) is 14.6. The molecule has 0 spiro atoms. The fourth-order valence-corrected chi connectivity index (χ4v) is 4.09. The lowest BCUT2D eigenvalue weighted by molar-refractivity contribution is -0.0354. The minimum Gasteiger partial charge on any atom is -0.351 e. The highest BCUT2D eigenvalue weighted by Crippen LogP contribution is 2.15. The lowest BCUT2D eigenvalue weighted by atomic mass is 10.2. The van der Waals surface area contributed by atoms with Crippen molar-refractivity contribution in [1.82, 2.24) is 0 Å². The van der Waals surface area contributed by atoms with E-state index in [1.165, 1.54) is 25.7 Å². The molecule has 0 N–H and O–H groups in total. The summed E-state index contributed by atoms with van der Waals surface area (Å²) in [6.07, 6.45) is 8.92. The molecule has 0 fully saturated rings. The average molecular weight is 321 g/mol. The summed E-state index contributed by atoms with van der Waals surface area (Å²) in [4.78, 5) is 0. The molecule has 0 aromatic rings. The summed E-state index contributed by atoms with van der Waals surface area (Å²) < 4.78 is 23.6. The van der Waals surface area contributed by atoms with Gasteiger partial charge in [-0.25, -0.2) is 0 Å². The summed E-state index contributed by atoms with van der Waals surface area (Å²) in [6, 6.07) is 0. The van der Waals surface area contributed by atoms with Crippen LogP contribution in [0.25, 0.3) is 0 Å². The minimum absolute atomic E-state index is 0.634. The number of rotatable bonds is 16. The molecule has 0 heterocycles. The molecule has 0 atom stereocenters. The van der Waals surface area contributed by atoms with Crippen LogP contribution in [0.5, 0.6) is 0 Å². The van der Waals surface area contributed by atoms with Gasteiger partial charge in [0.15, 0.2) is 0 Å². The lowest BCUT2D eigenvalue weighted by Gasteiger charge is -2.28. The Hall–Kier alpha value is 0.0569. The third-order valence-corrected chi connectivity index (χ3v) is 5.21. The number of hydrogen-bond acceptors (Lipinski definition) is 4. The summed E-state index contributed by atoms with van der Waals surface area (Å²) >= 11 is 0. The average Bonchev–Trinajstić information content (AvgIpc) is 2.51. The van der Waals surface area contributed by atoms with E-state index in [0.29, 0.717) is 26.4 Å². The first-order valence-corrected chi connectivity index (χ1v) is 10.4. The molecule has 4 nitrogen and oxygen atoms in total. The Bertz CT molecular complexity index is 193. The van der Waals surface area contributed by atoms with E-state index in [-0.39, 0.29) is 0 Å². The van der Waals surface area contributed by atoms with Crippen molar-refractivity contribution in [2.45, 2.75) is 79.1 Å². The van der Waals surface area contributed by atoms with E-state index in [9.17, 15) is 0 Å². The first-order valence-electron chi connectivity index (χ1n) is 8.80. The van der Waals surface area contributed by atoms with Gasteiger partial charge >= 0.3 is 9.05 Å². The Kier molecular flexibility index (Phi) is 15.0. The van der Waals surface area contributed by atoms with Crippen LogP contribution in [0.1, 0.15) is 79.1 Å². The van der Waals surface area contributed by atoms with Gasteiger partial charge in [0, 0.05) is 26.4 Å². The molecule has 0 bridgehead atoms. The molecule has 0 amide bonds. The fourth-order valence-electron chi connectivity index (χ4n) is 1.83. The molecule has 0 aliphatic carbocycles. The second-order valence-corrected chi connectivity index (χ2v) is 7.46. The van der Waals surface area contributed by atoms with E-state index in [1.807, 2.05) is 0 Å². The standard InChI is InChI=1S/C16H36O4Si/c1-5-9-10-11-12-16-20-21(17-13-6-2,18-14-7-3)19-15-8-4/h5-16H2,1-4H3. The molecule has 0 aromatic heterocycles. The summed E-state index contributed by atoms with van der Waals surface area (Å²) in [5.74, 6) is 0. The summed E-state index contributed by atoms with van der Waals surface area (Å²) in [6.45, 7) is 11.1. The predicted molar refractivity (Wildman–Crippen MR) is 89.2 cm³/mol. The van der Waals surface area contributed by atoms with Crippen molar-refractivity contribution < 1.29 is 17.7 Å². The van der Waals surface area contributed by atoms with Gasteiger partial charge in [-0.3, -0.25) is 0 Å². The Morgan fingerprint density at radius 1 is 0.476 bits per heavy atom. The molecule has 0 unspecified atom stereocenters. The van der Waals surface area contributed by atoms with Crippen molar-refractivity contribution in [3.8, 4) is 0 Å². The van der Waals surface area contributed by atoms with Crippen molar-refractivity contribution in [3.63, 3.8) is 0 Å². The second-order valence-electron chi connectivity index (χ2n) is 5.31. The van der Waals surface area contributed by atoms with E-state index < -0.39 is 9.05 Å². The van der Waals surface area contributed by atoms with E-state index in [1.54, 1.807) is 0 Å². The molecule has 0 rings (SSSR count). The zero-order valence-corrected chi connectivity index (χ0v) is 15.6. The van der Waals surface area contributed by atoms with Gasteiger partial charge in [0.1, 0.15) is 0 Å². The maximum absolute atomic E-state index is 5.99. The highest BCUT2D eigenvalue weighted by molar-refractivity contribution is 6.53. The van der Waals surface area contributed by atoms with Crippen LogP contribution in [0.3, 0.4) is 0 Å². The van der Waals surface area contributed by atoms with Crippen molar-refractivity contribution in [2.24, 2.45) is 0 Å². The van der Waals surface area contributed by atoms with Gasteiger partial charge in [-0.05, 0) is 25.7 Å². The summed E-state index contributed by atoms with van der Waals surface area (Å²) in [5, 5.41) is 0. The molecule has 0 aromatic carbocycles. The van der Waals surface area contributed by atoms with Crippen molar-refractivity contribution in [1.29, 1.82) is 0 Å². The van der Waals surface area contributed by atoms with Crippen LogP contribution < -0.4 is 0 Å². The molecule has 0 aliphatic heterocycles. The smallest absolute Gasteiger partial charge is 0.351 e. The van der Waals surface area contributed by atoms with Crippen molar-refractivity contribution in [3.05, 3.63) is 0 Å². The zero-order chi connectivity index (χ0) is 15.8. The molecular formula is C16H36O4Si. The quantitative estimate of drug-likeness (QED) is 0.305. The van der Waals surface area contributed by atoms with Crippen molar-refractivity contribution in [2.75, 3.05) is 26.4 Å². The van der Waals surface area contributed by atoms with Crippen LogP contribution in [-0.4, -0.2) is 35.5 Å².